The predicted molar refractivity (Wildman–Crippen MR) is 101 cm³/mol. The van der Waals surface area contributed by atoms with Crippen LogP contribution in [0.5, 0.6) is 0 Å². The Morgan fingerprint density at radius 3 is 1.93 bits per heavy atom. The van der Waals surface area contributed by atoms with Crippen LogP contribution in [0, 0.1) is 5.92 Å². The molecule has 0 aromatic heterocycles. The number of carboxylic acid groups (broad SMARTS) is 2. The molecule has 0 unspecified atom stereocenters. The van der Waals surface area contributed by atoms with Crippen LogP contribution in [-0.4, -0.2) is 64.7 Å². The quantitative estimate of drug-likeness (QED) is 0.263. The predicted octanol–water partition coefficient (Wildman–Crippen LogP) is 2.14. The van der Waals surface area contributed by atoms with Crippen molar-refractivity contribution in [3.05, 3.63) is 0 Å². The average Bonchev–Trinajstić information content (AvgIpc) is 2.56. The number of hydrogen-bond donors (Lipinski definition) is 4. The van der Waals surface area contributed by atoms with Crippen molar-refractivity contribution in [1.29, 1.82) is 0 Å². The van der Waals surface area contributed by atoms with Crippen LogP contribution in [0.4, 0.5) is 13.2 Å². The topological polar surface area (TPSA) is 133 Å². The highest BCUT2D eigenvalue weighted by Crippen LogP contribution is 2.20. The summed E-state index contributed by atoms with van der Waals surface area (Å²) in [7, 11) is 3.00. The summed E-state index contributed by atoms with van der Waals surface area (Å²) >= 11 is 0. The molecule has 0 radical (unpaired) electrons. The number of carbonyl (C=O) groups excluding carboxylic acids is 2. The van der Waals surface area contributed by atoms with Crippen molar-refractivity contribution in [3.63, 3.8) is 0 Å². The molecule has 4 N–H and O–H groups in total. The Hall–Kier alpha value is -1.63. The molecule has 0 atom stereocenters. The van der Waals surface area contributed by atoms with Crippen molar-refractivity contribution < 1.29 is 42.6 Å². The minimum absolute atomic E-state index is 0.00769. The molecule has 0 aromatic rings. The molecule has 0 spiro atoms. The summed E-state index contributed by atoms with van der Waals surface area (Å²) in [6.07, 6.45) is -3.68. The highest BCUT2D eigenvalue weighted by Gasteiger charge is 2.38. The van der Waals surface area contributed by atoms with Crippen molar-refractivity contribution in [3.8, 4) is 0 Å². The molecular formula is C15H25F3N2O6S2. The van der Waals surface area contributed by atoms with E-state index in [1.54, 1.807) is 0 Å². The third-order valence-corrected chi connectivity index (χ3v) is 5.04. The maximum Gasteiger partial charge on any atom is 0.490 e. The fourth-order valence-electron chi connectivity index (χ4n) is 1.23. The van der Waals surface area contributed by atoms with Gasteiger partial charge in [0.15, 0.2) is 0 Å². The number of hydrogen-bond acceptors (Lipinski definition) is 6. The number of alkyl halides is 3. The van der Waals surface area contributed by atoms with Gasteiger partial charge >= 0.3 is 18.1 Å². The third kappa shape index (κ3) is 22.4. The van der Waals surface area contributed by atoms with E-state index < -0.39 is 18.1 Å². The van der Waals surface area contributed by atoms with Crippen molar-refractivity contribution in [2.75, 3.05) is 24.6 Å². The molecule has 0 saturated heterocycles. The standard InChI is InChI=1S/C13H24N2O4S2.C2HF3O2/c1-10(2)3-4-11(16)15-9-12(17)14-6-8-21-20-7-5-13(18)19;3-2(4,5)1(6)7/h10H,3-9H2,1-2H3,(H,14,17)(H,15,16)(H,18,19);(H,6,7). The number of halogens is 3. The summed E-state index contributed by atoms with van der Waals surface area (Å²) in [6, 6.07) is 0. The minimum Gasteiger partial charge on any atom is -0.481 e. The molecule has 8 nitrogen and oxygen atoms in total. The van der Waals surface area contributed by atoms with Crippen LogP contribution >= 0.6 is 21.6 Å². The minimum atomic E-state index is -5.08. The van der Waals surface area contributed by atoms with Crippen LogP contribution in [0.25, 0.3) is 0 Å². The van der Waals surface area contributed by atoms with Crippen LogP contribution in [-0.2, 0) is 19.2 Å². The maximum absolute atomic E-state index is 11.4. The Bertz CT molecular complexity index is 505. The van der Waals surface area contributed by atoms with Crippen molar-refractivity contribution in [2.45, 2.75) is 39.3 Å². The summed E-state index contributed by atoms with van der Waals surface area (Å²) in [4.78, 5) is 42.0. The first kappa shape index (κ1) is 28.6. The SMILES string of the molecule is CC(C)CCC(=O)NCC(=O)NCCSSCCC(=O)O.O=C(O)C(F)(F)F. The second kappa shape index (κ2) is 16.3. The van der Waals surface area contributed by atoms with Crippen LogP contribution in [0.3, 0.4) is 0 Å². The molecule has 28 heavy (non-hydrogen) atoms. The van der Waals surface area contributed by atoms with Crippen LogP contribution in [0.1, 0.15) is 33.1 Å². The van der Waals surface area contributed by atoms with E-state index in [4.69, 9.17) is 15.0 Å². The molecule has 0 aromatic carbocycles. The third-order valence-electron chi connectivity index (χ3n) is 2.63. The molecule has 0 aliphatic rings. The van der Waals surface area contributed by atoms with Gasteiger partial charge in [0.25, 0.3) is 0 Å². The van der Waals surface area contributed by atoms with Crippen molar-refractivity contribution >= 4 is 45.3 Å². The van der Waals surface area contributed by atoms with Crippen molar-refractivity contribution in [1.82, 2.24) is 10.6 Å². The van der Waals surface area contributed by atoms with Gasteiger partial charge in [0.1, 0.15) is 0 Å². The van der Waals surface area contributed by atoms with E-state index in [2.05, 4.69) is 10.6 Å². The summed E-state index contributed by atoms with van der Waals surface area (Å²) in [5.41, 5.74) is 0. The summed E-state index contributed by atoms with van der Waals surface area (Å²) < 4.78 is 31.7. The molecule has 0 bridgehead atoms. The Labute approximate surface area is 168 Å². The van der Waals surface area contributed by atoms with E-state index in [0.29, 0.717) is 30.4 Å². The molecule has 0 saturated carbocycles. The van der Waals surface area contributed by atoms with Gasteiger partial charge < -0.3 is 20.8 Å². The molecule has 0 aliphatic heterocycles. The van der Waals surface area contributed by atoms with Gasteiger partial charge in [-0.1, -0.05) is 35.4 Å². The first-order valence-corrected chi connectivity index (χ1v) is 10.6. The summed E-state index contributed by atoms with van der Waals surface area (Å²) in [5, 5.41) is 20.9. The van der Waals surface area contributed by atoms with Gasteiger partial charge in [-0.05, 0) is 12.3 Å². The zero-order valence-electron chi connectivity index (χ0n) is 15.5. The lowest BCUT2D eigenvalue weighted by Gasteiger charge is -2.07. The van der Waals surface area contributed by atoms with Gasteiger partial charge in [-0.2, -0.15) is 13.2 Å². The van der Waals surface area contributed by atoms with Crippen LogP contribution in [0.15, 0.2) is 0 Å². The molecule has 164 valence electrons. The zero-order chi connectivity index (χ0) is 22.2. The van der Waals surface area contributed by atoms with Crippen molar-refractivity contribution in [2.24, 2.45) is 5.92 Å². The number of aliphatic carboxylic acids is 2. The fraction of sp³-hybridized carbons (Fsp3) is 0.733. The number of carboxylic acids is 2. The Kier molecular flexibility index (Phi) is 16.7. The largest absolute Gasteiger partial charge is 0.490 e. The number of amides is 2. The smallest absolute Gasteiger partial charge is 0.481 e. The van der Waals surface area contributed by atoms with Gasteiger partial charge in [-0.3, -0.25) is 14.4 Å². The van der Waals surface area contributed by atoms with E-state index >= 15 is 0 Å². The van der Waals surface area contributed by atoms with Crippen LogP contribution in [0.2, 0.25) is 0 Å². The van der Waals surface area contributed by atoms with Gasteiger partial charge in [-0.25, -0.2) is 4.79 Å². The number of rotatable bonds is 12. The number of carbonyl (C=O) groups is 4. The molecule has 0 aliphatic carbocycles. The molecule has 2 amide bonds. The zero-order valence-corrected chi connectivity index (χ0v) is 17.1. The first-order chi connectivity index (χ1) is 12.9. The second-order valence-corrected chi connectivity index (χ2v) is 8.35. The van der Waals surface area contributed by atoms with Gasteiger partial charge in [0.2, 0.25) is 11.8 Å². The Morgan fingerprint density at radius 2 is 1.46 bits per heavy atom. The molecule has 0 heterocycles. The highest BCUT2D eigenvalue weighted by atomic mass is 33.1. The molecule has 0 fully saturated rings. The molecule has 0 rings (SSSR count). The van der Waals surface area contributed by atoms with Gasteiger partial charge in [-0.15, -0.1) is 0 Å². The van der Waals surface area contributed by atoms with Crippen LogP contribution < -0.4 is 10.6 Å². The molecule has 13 heteroatoms. The number of nitrogens with one attached hydrogen (secondary N) is 2. The van der Waals surface area contributed by atoms with E-state index in [9.17, 15) is 27.6 Å². The Balaban J connectivity index is 0. The normalized spacial score (nSPS) is 10.6. The van der Waals surface area contributed by atoms with E-state index in [-0.39, 0.29) is 24.8 Å². The average molecular weight is 451 g/mol. The summed E-state index contributed by atoms with van der Waals surface area (Å²) in [6.45, 7) is 4.61. The Morgan fingerprint density at radius 1 is 0.929 bits per heavy atom. The van der Waals surface area contributed by atoms with Gasteiger partial charge in [0, 0.05) is 24.5 Å². The monoisotopic (exact) mass is 450 g/mol. The van der Waals surface area contributed by atoms with E-state index in [1.165, 1.54) is 21.6 Å². The van der Waals surface area contributed by atoms with E-state index in [1.807, 2.05) is 13.8 Å². The highest BCUT2D eigenvalue weighted by molar-refractivity contribution is 8.76. The first-order valence-electron chi connectivity index (χ1n) is 8.16. The van der Waals surface area contributed by atoms with Gasteiger partial charge in [0.05, 0.1) is 13.0 Å². The second-order valence-electron chi connectivity index (χ2n) is 5.65. The fourth-order valence-corrected chi connectivity index (χ4v) is 3.11. The maximum atomic E-state index is 11.4. The lowest BCUT2D eigenvalue weighted by Crippen LogP contribution is -2.37. The molecular weight excluding hydrogens is 425 g/mol. The van der Waals surface area contributed by atoms with E-state index in [0.717, 1.165) is 6.42 Å². The summed E-state index contributed by atoms with van der Waals surface area (Å²) in [5.74, 6) is -2.13. The lowest BCUT2D eigenvalue weighted by atomic mass is 10.1. The lowest BCUT2D eigenvalue weighted by molar-refractivity contribution is -0.192.